The number of nitrogens with two attached hydrogens (primary N) is 3. The van der Waals surface area contributed by atoms with E-state index in [0.717, 1.165) is 11.3 Å². The molecule has 0 aliphatic rings. The summed E-state index contributed by atoms with van der Waals surface area (Å²) < 4.78 is 0. The molecule has 0 aliphatic carbocycles. The van der Waals surface area contributed by atoms with Gasteiger partial charge in [-0.25, -0.2) is 10.6 Å². The fourth-order valence-electron chi connectivity index (χ4n) is 2.04. The summed E-state index contributed by atoms with van der Waals surface area (Å²) >= 11 is 0. The van der Waals surface area contributed by atoms with E-state index in [4.69, 9.17) is 17.3 Å². The van der Waals surface area contributed by atoms with E-state index < -0.39 is 6.03 Å². The van der Waals surface area contributed by atoms with Crippen molar-refractivity contribution in [1.29, 1.82) is 0 Å². The third kappa shape index (κ3) is 5.51. The van der Waals surface area contributed by atoms with Crippen molar-refractivity contribution in [3.63, 3.8) is 0 Å². The minimum atomic E-state index is -0.704. The third-order valence-corrected chi connectivity index (χ3v) is 3.00. The van der Waals surface area contributed by atoms with Crippen LogP contribution in [0, 0.1) is 6.92 Å². The number of amides is 2. The lowest BCUT2D eigenvalue weighted by atomic mass is 10.1. The van der Waals surface area contributed by atoms with E-state index in [-0.39, 0.29) is 0 Å². The van der Waals surface area contributed by atoms with Crippen LogP contribution in [-0.2, 0) is 0 Å². The molecule has 7 N–H and O–H groups in total. The Hall–Kier alpha value is -3.25. The summed E-state index contributed by atoms with van der Waals surface area (Å²) in [5.41, 5.74) is 14.0. The highest BCUT2D eigenvalue weighted by molar-refractivity contribution is 5.74. The normalized spacial score (nSPS) is 12.1. The molecule has 0 aromatic heterocycles. The van der Waals surface area contributed by atoms with E-state index in [1.807, 2.05) is 31.2 Å². The molecule has 0 aliphatic heterocycles. The average molecular weight is 325 g/mol. The highest BCUT2D eigenvalue weighted by Crippen LogP contribution is 2.23. The standard InChI is InChI=1S/C18H23N5O/c1-4-6-17(23(21)16-8-5-7-13(2)11-16)15(9-10-19)12-14(3)22-18(20)24/h4-12H,1,3,19,21H2,2H3,(H3,20,22,24)/b10-9-,15-12+,17-6-. The number of urea groups is 1. The van der Waals surface area contributed by atoms with E-state index in [0.29, 0.717) is 17.0 Å². The third-order valence-electron chi connectivity index (χ3n) is 3.00. The average Bonchev–Trinajstić information content (AvgIpc) is 2.51. The Bertz CT molecular complexity index is 716. The molecule has 0 bridgehead atoms. The van der Waals surface area contributed by atoms with Crippen LogP contribution >= 0.6 is 0 Å². The summed E-state index contributed by atoms with van der Waals surface area (Å²) in [6.07, 6.45) is 7.95. The maximum atomic E-state index is 10.9. The van der Waals surface area contributed by atoms with Gasteiger partial charge in [0.2, 0.25) is 0 Å². The van der Waals surface area contributed by atoms with Crippen LogP contribution in [0.3, 0.4) is 0 Å². The number of primary amides is 1. The van der Waals surface area contributed by atoms with Gasteiger partial charge >= 0.3 is 6.03 Å². The number of aryl methyl sites for hydroxylation is 1. The Labute approximate surface area is 142 Å². The van der Waals surface area contributed by atoms with Gasteiger partial charge in [0.05, 0.1) is 11.4 Å². The number of carbonyl (C=O) groups excluding carboxylic acids is 1. The summed E-state index contributed by atoms with van der Waals surface area (Å²) in [5.74, 6) is 6.26. The molecule has 1 aromatic carbocycles. The van der Waals surface area contributed by atoms with Gasteiger partial charge in [-0.1, -0.05) is 31.4 Å². The van der Waals surface area contributed by atoms with Crippen LogP contribution in [0.25, 0.3) is 0 Å². The first-order valence-electron chi connectivity index (χ1n) is 7.19. The van der Waals surface area contributed by atoms with Gasteiger partial charge in [-0.3, -0.25) is 5.01 Å². The predicted molar refractivity (Wildman–Crippen MR) is 99.4 cm³/mol. The second-order valence-corrected chi connectivity index (χ2v) is 4.97. The van der Waals surface area contributed by atoms with Crippen LogP contribution < -0.4 is 27.6 Å². The molecule has 0 fully saturated rings. The summed E-state index contributed by atoms with van der Waals surface area (Å²) in [7, 11) is 0. The predicted octanol–water partition coefficient (Wildman–Crippen LogP) is 2.33. The molecule has 0 atom stereocenters. The molecular formula is C18H23N5O. The van der Waals surface area contributed by atoms with E-state index in [1.54, 1.807) is 24.3 Å². The second-order valence-electron chi connectivity index (χ2n) is 4.97. The van der Waals surface area contributed by atoms with Crippen LogP contribution in [0.1, 0.15) is 5.56 Å². The number of rotatable bonds is 7. The van der Waals surface area contributed by atoms with Crippen molar-refractivity contribution in [3.05, 3.63) is 90.5 Å². The Kier molecular flexibility index (Phi) is 7.06. The summed E-state index contributed by atoms with van der Waals surface area (Å²) in [6.45, 7) is 9.42. The molecule has 0 saturated heterocycles. The zero-order valence-corrected chi connectivity index (χ0v) is 13.7. The van der Waals surface area contributed by atoms with Gasteiger partial charge in [0, 0.05) is 11.3 Å². The van der Waals surface area contributed by atoms with Crippen molar-refractivity contribution in [1.82, 2.24) is 5.32 Å². The Morgan fingerprint density at radius 1 is 1.38 bits per heavy atom. The van der Waals surface area contributed by atoms with E-state index in [1.165, 1.54) is 11.2 Å². The number of hydrazine groups is 1. The molecular weight excluding hydrogens is 302 g/mol. The molecule has 6 nitrogen and oxygen atoms in total. The Balaban J connectivity index is 3.30. The number of hydrogen-bond donors (Lipinski definition) is 4. The van der Waals surface area contributed by atoms with E-state index >= 15 is 0 Å². The Morgan fingerprint density at radius 2 is 2.08 bits per heavy atom. The number of carbonyl (C=O) groups is 1. The van der Waals surface area contributed by atoms with Crippen molar-refractivity contribution in [2.24, 2.45) is 17.3 Å². The lowest BCUT2D eigenvalue weighted by molar-refractivity contribution is 0.251. The van der Waals surface area contributed by atoms with Gasteiger partial charge in [0.15, 0.2) is 0 Å². The van der Waals surface area contributed by atoms with Crippen LogP contribution in [0.2, 0.25) is 0 Å². The molecule has 1 rings (SSSR count). The van der Waals surface area contributed by atoms with Crippen molar-refractivity contribution in [2.75, 3.05) is 5.01 Å². The molecule has 6 heteroatoms. The summed E-state index contributed by atoms with van der Waals surface area (Å²) in [5, 5.41) is 3.90. The van der Waals surface area contributed by atoms with Crippen LogP contribution in [0.4, 0.5) is 10.5 Å². The molecule has 24 heavy (non-hydrogen) atoms. The maximum absolute atomic E-state index is 10.9. The van der Waals surface area contributed by atoms with Crippen molar-refractivity contribution < 1.29 is 4.79 Å². The molecule has 2 amide bonds. The maximum Gasteiger partial charge on any atom is 0.316 e. The van der Waals surface area contributed by atoms with Gasteiger partial charge in [-0.2, -0.15) is 0 Å². The quantitative estimate of drug-likeness (QED) is 0.350. The molecule has 0 saturated carbocycles. The molecule has 0 spiro atoms. The second kappa shape index (κ2) is 9.02. The first-order valence-corrected chi connectivity index (χ1v) is 7.19. The highest BCUT2D eigenvalue weighted by Gasteiger charge is 2.12. The first-order chi connectivity index (χ1) is 11.4. The molecule has 1 aromatic rings. The number of allylic oxidation sites excluding steroid dienone is 4. The van der Waals surface area contributed by atoms with Crippen molar-refractivity contribution in [2.45, 2.75) is 6.92 Å². The van der Waals surface area contributed by atoms with Gasteiger partial charge in [0.25, 0.3) is 0 Å². The minimum Gasteiger partial charge on any atom is -0.405 e. The van der Waals surface area contributed by atoms with Crippen molar-refractivity contribution in [3.8, 4) is 0 Å². The number of hydrogen-bond acceptors (Lipinski definition) is 4. The molecule has 0 radical (unpaired) electrons. The number of benzene rings is 1. The fourth-order valence-corrected chi connectivity index (χ4v) is 2.04. The Morgan fingerprint density at radius 3 is 2.62 bits per heavy atom. The van der Waals surface area contributed by atoms with E-state index in [2.05, 4.69) is 18.5 Å². The number of anilines is 1. The van der Waals surface area contributed by atoms with Gasteiger partial charge in [-0.15, -0.1) is 0 Å². The summed E-state index contributed by atoms with van der Waals surface area (Å²) in [4.78, 5) is 10.9. The highest BCUT2D eigenvalue weighted by atomic mass is 16.2. The summed E-state index contributed by atoms with van der Waals surface area (Å²) in [6, 6.07) is 7.00. The molecule has 0 unspecified atom stereocenters. The zero-order chi connectivity index (χ0) is 18.1. The van der Waals surface area contributed by atoms with Crippen LogP contribution in [0.5, 0.6) is 0 Å². The minimum absolute atomic E-state index is 0.309. The monoisotopic (exact) mass is 325 g/mol. The zero-order valence-electron chi connectivity index (χ0n) is 13.7. The number of nitrogens with zero attached hydrogens (tertiary/aromatic N) is 1. The van der Waals surface area contributed by atoms with Crippen LogP contribution in [0.15, 0.2) is 84.9 Å². The van der Waals surface area contributed by atoms with Gasteiger partial charge in [0.1, 0.15) is 0 Å². The van der Waals surface area contributed by atoms with Crippen molar-refractivity contribution >= 4 is 11.7 Å². The van der Waals surface area contributed by atoms with Crippen LogP contribution in [-0.4, -0.2) is 6.03 Å². The molecule has 0 heterocycles. The van der Waals surface area contributed by atoms with Gasteiger partial charge < -0.3 is 16.8 Å². The largest absolute Gasteiger partial charge is 0.405 e. The van der Waals surface area contributed by atoms with E-state index in [9.17, 15) is 4.79 Å². The first kappa shape index (κ1) is 18.8. The molecule has 126 valence electrons. The SMILES string of the molecule is C=C/C=C(C(/C=C\N)=C/C(=C)NC(N)=O)\N(N)c1cccc(C)c1. The number of nitrogens with one attached hydrogen (secondary N) is 1. The fraction of sp³-hybridized carbons (Fsp3) is 0.0556. The lowest BCUT2D eigenvalue weighted by Gasteiger charge is -2.23. The van der Waals surface area contributed by atoms with Gasteiger partial charge in [-0.05, 0) is 49.0 Å². The lowest BCUT2D eigenvalue weighted by Crippen LogP contribution is -2.31. The smallest absolute Gasteiger partial charge is 0.316 e. The topological polar surface area (TPSA) is 110 Å².